The van der Waals surface area contributed by atoms with Crippen molar-refractivity contribution < 1.29 is 19.5 Å². The van der Waals surface area contributed by atoms with Crippen LogP contribution in [0.4, 0.5) is 0 Å². The van der Waals surface area contributed by atoms with Gasteiger partial charge in [0.1, 0.15) is 0 Å². The number of hydrogen-bond donors (Lipinski definition) is 1. The van der Waals surface area contributed by atoms with E-state index in [1.54, 1.807) is 4.90 Å². The minimum atomic E-state index is -0.799. The van der Waals surface area contributed by atoms with E-state index in [4.69, 9.17) is 5.11 Å². The molecule has 2 saturated heterocycles. The molecule has 2 amide bonds. The van der Waals surface area contributed by atoms with Gasteiger partial charge in [-0.2, -0.15) is 0 Å². The number of rotatable bonds is 4. The van der Waals surface area contributed by atoms with E-state index in [0.29, 0.717) is 26.2 Å². The average molecular weight is 296 g/mol. The monoisotopic (exact) mass is 296 g/mol. The van der Waals surface area contributed by atoms with Crippen molar-refractivity contribution in [2.45, 2.75) is 33.1 Å². The number of likely N-dealkylation sites (tertiary alicyclic amines) is 2. The van der Waals surface area contributed by atoms with Crippen LogP contribution in [0.3, 0.4) is 0 Å². The van der Waals surface area contributed by atoms with E-state index in [-0.39, 0.29) is 36.0 Å². The Morgan fingerprint density at radius 2 is 1.67 bits per heavy atom. The lowest BCUT2D eigenvalue weighted by Crippen LogP contribution is -2.54. The molecule has 0 aromatic rings. The van der Waals surface area contributed by atoms with Crippen LogP contribution in [-0.4, -0.2) is 58.9 Å². The lowest BCUT2D eigenvalue weighted by molar-refractivity contribution is -0.149. The number of piperidine rings is 1. The predicted octanol–water partition coefficient (Wildman–Crippen LogP) is 0.814. The standard InChI is InChI=1S/C15H24N2O4/c1-10(2)14(20)16-5-3-12(4-6-16)15(21)17-8-11(9-17)7-13(18)19/h10-12H,3-9H2,1-2H3,(H,18,19). The van der Waals surface area contributed by atoms with E-state index in [2.05, 4.69) is 0 Å². The van der Waals surface area contributed by atoms with Gasteiger partial charge >= 0.3 is 5.97 Å². The second kappa shape index (κ2) is 6.45. The van der Waals surface area contributed by atoms with Gasteiger partial charge in [-0.1, -0.05) is 13.8 Å². The first kappa shape index (κ1) is 15.8. The summed E-state index contributed by atoms with van der Waals surface area (Å²) >= 11 is 0. The minimum absolute atomic E-state index is 0.00408. The molecule has 2 rings (SSSR count). The Morgan fingerprint density at radius 1 is 1.10 bits per heavy atom. The zero-order chi connectivity index (χ0) is 15.6. The fourth-order valence-corrected chi connectivity index (χ4v) is 3.10. The Bertz CT molecular complexity index is 421. The number of nitrogens with zero attached hydrogens (tertiary/aromatic N) is 2. The van der Waals surface area contributed by atoms with Gasteiger partial charge in [-0.25, -0.2) is 0 Å². The third-order valence-electron chi connectivity index (χ3n) is 4.38. The molecule has 21 heavy (non-hydrogen) atoms. The highest BCUT2D eigenvalue weighted by molar-refractivity contribution is 5.81. The van der Waals surface area contributed by atoms with Gasteiger partial charge in [0.2, 0.25) is 11.8 Å². The van der Waals surface area contributed by atoms with Crippen LogP contribution in [0.2, 0.25) is 0 Å². The topological polar surface area (TPSA) is 77.9 Å². The number of carbonyl (C=O) groups excluding carboxylic acids is 2. The molecule has 2 heterocycles. The van der Waals surface area contributed by atoms with Crippen molar-refractivity contribution in [2.75, 3.05) is 26.2 Å². The lowest BCUT2D eigenvalue weighted by atomic mass is 9.90. The van der Waals surface area contributed by atoms with Crippen molar-refractivity contribution in [2.24, 2.45) is 17.8 Å². The molecule has 0 radical (unpaired) electrons. The maximum atomic E-state index is 12.3. The van der Waals surface area contributed by atoms with Gasteiger partial charge in [0, 0.05) is 43.9 Å². The molecule has 0 spiro atoms. The predicted molar refractivity (Wildman–Crippen MR) is 76.5 cm³/mol. The molecule has 0 aliphatic carbocycles. The van der Waals surface area contributed by atoms with E-state index in [0.717, 1.165) is 12.8 Å². The number of amides is 2. The zero-order valence-corrected chi connectivity index (χ0v) is 12.7. The van der Waals surface area contributed by atoms with Crippen molar-refractivity contribution >= 4 is 17.8 Å². The summed E-state index contributed by atoms with van der Waals surface area (Å²) in [5, 5.41) is 8.71. The normalized spacial score (nSPS) is 20.5. The van der Waals surface area contributed by atoms with Gasteiger partial charge in [0.25, 0.3) is 0 Å². The Labute approximate surface area is 125 Å². The van der Waals surface area contributed by atoms with E-state index in [9.17, 15) is 14.4 Å². The molecular weight excluding hydrogens is 272 g/mol. The molecular formula is C15H24N2O4. The summed E-state index contributed by atoms with van der Waals surface area (Å²) < 4.78 is 0. The third-order valence-corrected chi connectivity index (χ3v) is 4.38. The number of aliphatic carboxylic acids is 1. The molecule has 1 N–H and O–H groups in total. The zero-order valence-electron chi connectivity index (χ0n) is 12.7. The number of carboxylic acids is 1. The lowest BCUT2D eigenvalue weighted by Gasteiger charge is -2.42. The number of carbonyl (C=O) groups is 3. The van der Waals surface area contributed by atoms with E-state index >= 15 is 0 Å². The third kappa shape index (κ3) is 3.74. The summed E-state index contributed by atoms with van der Waals surface area (Å²) in [5.74, 6) is -0.405. The van der Waals surface area contributed by atoms with Crippen LogP contribution >= 0.6 is 0 Å². The minimum Gasteiger partial charge on any atom is -0.481 e. The first-order valence-electron chi connectivity index (χ1n) is 7.67. The molecule has 0 unspecified atom stereocenters. The summed E-state index contributed by atoms with van der Waals surface area (Å²) in [7, 11) is 0. The molecule has 2 fully saturated rings. The molecule has 0 bridgehead atoms. The summed E-state index contributed by atoms with van der Waals surface area (Å²) in [4.78, 5) is 38.4. The van der Waals surface area contributed by atoms with Crippen molar-refractivity contribution in [1.29, 1.82) is 0 Å². The van der Waals surface area contributed by atoms with Gasteiger partial charge in [-0.15, -0.1) is 0 Å². The highest BCUT2D eigenvalue weighted by Crippen LogP contribution is 2.26. The van der Waals surface area contributed by atoms with Crippen LogP contribution in [0.1, 0.15) is 33.1 Å². The van der Waals surface area contributed by atoms with Crippen LogP contribution < -0.4 is 0 Å². The fourth-order valence-electron chi connectivity index (χ4n) is 3.10. The maximum absolute atomic E-state index is 12.3. The summed E-state index contributed by atoms with van der Waals surface area (Å²) in [6, 6.07) is 0. The first-order chi connectivity index (χ1) is 9.88. The Kier molecular flexibility index (Phi) is 4.85. The Hall–Kier alpha value is -1.59. The molecule has 2 aliphatic heterocycles. The highest BCUT2D eigenvalue weighted by atomic mass is 16.4. The maximum Gasteiger partial charge on any atom is 0.303 e. The number of hydrogen-bond acceptors (Lipinski definition) is 3. The van der Waals surface area contributed by atoms with Gasteiger partial charge in [0.15, 0.2) is 0 Å². The van der Waals surface area contributed by atoms with Crippen molar-refractivity contribution in [3.8, 4) is 0 Å². The SMILES string of the molecule is CC(C)C(=O)N1CCC(C(=O)N2CC(CC(=O)O)C2)CC1. The Balaban J connectivity index is 1.74. The van der Waals surface area contributed by atoms with E-state index in [1.807, 2.05) is 18.7 Å². The van der Waals surface area contributed by atoms with E-state index in [1.165, 1.54) is 0 Å². The molecule has 2 aliphatic rings. The molecule has 0 saturated carbocycles. The van der Waals surface area contributed by atoms with Crippen LogP contribution in [0.25, 0.3) is 0 Å². The molecule has 0 aromatic heterocycles. The van der Waals surface area contributed by atoms with E-state index < -0.39 is 5.97 Å². The smallest absolute Gasteiger partial charge is 0.303 e. The summed E-state index contributed by atoms with van der Waals surface area (Å²) in [5.41, 5.74) is 0. The summed E-state index contributed by atoms with van der Waals surface area (Å²) in [6.45, 7) is 6.22. The second-order valence-corrected chi connectivity index (χ2v) is 6.46. The van der Waals surface area contributed by atoms with Crippen molar-refractivity contribution in [3.05, 3.63) is 0 Å². The van der Waals surface area contributed by atoms with Gasteiger partial charge in [-0.3, -0.25) is 14.4 Å². The van der Waals surface area contributed by atoms with Crippen LogP contribution in [0.15, 0.2) is 0 Å². The molecule has 0 atom stereocenters. The van der Waals surface area contributed by atoms with Crippen molar-refractivity contribution in [1.82, 2.24) is 9.80 Å². The van der Waals surface area contributed by atoms with Crippen molar-refractivity contribution in [3.63, 3.8) is 0 Å². The van der Waals surface area contributed by atoms with Crippen LogP contribution in [0.5, 0.6) is 0 Å². The molecule has 118 valence electrons. The quantitative estimate of drug-likeness (QED) is 0.833. The highest BCUT2D eigenvalue weighted by Gasteiger charge is 2.37. The summed E-state index contributed by atoms with van der Waals surface area (Å²) in [6.07, 6.45) is 1.58. The molecule has 0 aromatic carbocycles. The first-order valence-corrected chi connectivity index (χ1v) is 7.67. The average Bonchev–Trinajstić information content (AvgIpc) is 2.40. The largest absolute Gasteiger partial charge is 0.481 e. The van der Waals surface area contributed by atoms with Gasteiger partial charge < -0.3 is 14.9 Å². The van der Waals surface area contributed by atoms with Crippen LogP contribution in [0, 0.1) is 17.8 Å². The molecule has 6 nitrogen and oxygen atoms in total. The molecule has 6 heteroatoms. The fraction of sp³-hybridized carbons (Fsp3) is 0.800. The second-order valence-electron chi connectivity index (χ2n) is 6.46. The van der Waals surface area contributed by atoms with Gasteiger partial charge in [-0.05, 0) is 12.8 Å². The number of carboxylic acid groups (broad SMARTS) is 1. The Morgan fingerprint density at radius 3 is 2.14 bits per heavy atom. The van der Waals surface area contributed by atoms with Gasteiger partial charge in [0.05, 0.1) is 6.42 Å². The van der Waals surface area contributed by atoms with Crippen LogP contribution in [-0.2, 0) is 14.4 Å².